The maximum absolute atomic E-state index is 12.5. The summed E-state index contributed by atoms with van der Waals surface area (Å²) in [4.78, 5) is 12.5. The molecule has 0 unspecified atom stereocenters. The third-order valence-electron chi connectivity index (χ3n) is 4.08. The zero-order valence-corrected chi connectivity index (χ0v) is 14.5. The molecule has 0 spiro atoms. The smallest absolute Gasteiger partial charge is 0.228 e. The summed E-state index contributed by atoms with van der Waals surface area (Å²) in [5.74, 6) is 0.971. The van der Waals surface area contributed by atoms with Crippen LogP contribution in [0, 0.1) is 5.41 Å². The second kappa shape index (κ2) is 10.5. The molecule has 2 N–H and O–H groups in total. The number of ether oxygens (including phenoxy) is 2. The van der Waals surface area contributed by atoms with Crippen LogP contribution in [0.4, 0.5) is 0 Å². The van der Waals surface area contributed by atoms with E-state index in [9.17, 15) is 4.79 Å². The minimum Gasteiger partial charge on any atom is -0.494 e. The van der Waals surface area contributed by atoms with Crippen LogP contribution in [0.1, 0.15) is 19.3 Å². The average Bonchev–Trinajstić information content (AvgIpc) is 2.56. The van der Waals surface area contributed by atoms with Crippen molar-refractivity contribution < 1.29 is 14.3 Å². The van der Waals surface area contributed by atoms with Gasteiger partial charge in [-0.15, -0.1) is 12.4 Å². The predicted octanol–water partition coefficient (Wildman–Crippen LogP) is 2.01. The van der Waals surface area contributed by atoms with Gasteiger partial charge in [0.05, 0.1) is 18.6 Å². The first-order valence-corrected chi connectivity index (χ1v) is 7.93. The van der Waals surface area contributed by atoms with Crippen LogP contribution in [0.2, 0.25) is 0 Å². The summed E-state index contributed by atoms with van der Waals surface area (Å²) < 4.78 is 10.9. The molecule has 0 atom stereocenters. The van der Waals surface area contributed by atoms with Gasteiger partial charge in [-0.2, -0.15) is 0 Å². The number of carbonyl (C=O) groups is 1. The molecule has 1 saturated heterocycles. The Morgan fingerprint density at radius 1 is 1.26 bits per heavy atom. The number of amides is 1. The molecule has 0 saturated carbocycles. The van der Waals surface area contributed by atoms with Crippen LogP contribution >= 0.6 is 12.4 Å². The highest BCUT2D eigenvalue weighted by molar-refractivity contribution is 5.85. The van der Waals surface area contributed by atoms with E-state index in [2.05, 4.69) is 10.6 Å². The van der Waals surface area contributed by atoms with E-state index in [-0.39, 0.29) is 23.7 Å². The second-order valence-electron chi connectivity index (χ2n) is 5.73. The number of piperidine rings is 1. The molecule has 1 aromatic carbocycles. The molecule has 6 heteroatoms. The van der Waals surface area contributed by atoms with Gasteiger partial charge in [-0.3, -0.25) is 4.79 Å². The first-order valence-electron chi connectivity index (χ1n) is 7.93. The quantitative estimate of drug-likeness (QED) is 0.709. The van der Waals surface area contributed by atoms with Gasteiger partial charge >= 0.3 is 0 Å². The Hall–Kier alpha value is -1.30. The number of benzene rings is 1. The van der Waals surface area contributed by atoms with Crippen molar-refractivity contribution in [2.45, 2.75) is 19.3 Å². The molecule has 2 rings (SSSR count). The Morgan fingerprint density at radius 3 is 2.61 bits per heavy atom. The van der Waals surface area contributed by atoms with E-state index in [1.807, 2.05) is 30.3 Å². The monoisotopic (exact) mass is 342 g/mol. The molecular formula is C17H27ClN2O3. The van der Waals surface area contributed by atoms with Crippen molar-refractivity contribution in [2.75, 3.05) is 40.0 Å². The Morgan fingerprint density at radius 2 is 1.96 bits per heavy atom. The first-order chi connectivity index (χ1) is 10.8. The van der Waals surface area contributed by atoms with Crippen LogP contribution in [0.3, 0.4) is 0 Å². The molecular weight excluding hydrogens is 316 g/mol. The summed E-state index contributed by atoms with van der Waals surface area (Å²) in [7, 11) is 1.66. The van der Waals surface area contributed by atoms with Gasteiger partial charge in [0.1, 0.15) is 5.75 Å². The van der Waals surface area contributed by atoms with E-state index >= 15 is 0 Å². The molecule has 1 amide bonds. The zero-order valence-electron chi connectivity index (χ0n) is 13.7. The summed E-state index contributed by atoms with van der Waals surface area (Å²) in [6, 6.07) is 9.72. The lowest BCUT2D eigenvalue weighted by molar-refractivity contribution is -0.136. The molecule has 1 fully saturated rings. The Kier molecular flexibility index (Phi) is 8.99. The molecule has 1 aliphatic rings. The zero-order chi connectivity index (χ0) is 15.7. The number of hydrogen-bond donors (Lipinski definition) is 2. The van der Waals surface area contributed by atoms with E-state index in [0.29, 0.717) is 19.8 Å². The highest BCUT2D eigenvalue weighted by Crippen LogP contribution is 2.29. The van der Waals surface area contributed by atoms with Gasteiger partial charge in [0.2, 0.25) is 5.91 Å². The summed E-state index contributed by atoms with van der Waals surface area (Å²) in [5, 5.41) is 6.33. The molecule has 5 nitrogen and oxygen atoms in total. The van der Waals surface area contributed by atoms with Crippen molar-refractivity contribution in [3.8, 4) is 5.75 Å². The van der Waals surface area contributed by atoms with Crippen molar-refractivity contribution in [3.63, 3.8) is 0 Å². The molecule has 1 heterocycles. The lowest BCUT2D eigenvalue weighted by Gasteiger charge is -2.35. The number of halogens is 1. The topological polar surface area (TPSA) is 59.6 Å². The minimum atomic E-state index is -0.375. The fourth-order valence-electron chi connectivity index (χ4n) is 2.79. The number of hydrogen-bond acceptors (Lipinski definition) is 4. The largest absolute Gasteiger partial charge is 0.494 e. The number of carbonyl (C=O) groups excluding carboxylic acids is 1. The van der Waals surface area contributed by atoms with Crippen molar-refractivity contribution in [1.29, 1.82) is 0 Å². The molecule has 0 aliphatic carbocycles. The lowest BCUT2D eigenvalue weighted by atomic mass is 9.78. The van der Waals surface area contributed by atoms with Gasteiger partial charge in [0.15, 0.2) is 0 Å². The highest BCUT2D eigenvalue weighted by atomic mass is 35.5. The number of nitrogens with one attached hydrogen (secondary N) is 2. The van der Waals surface area contributed by atoms with Crippen LogP contribution in [-0.4, -0.2) is 45.9 Å². The second-order valence-corrected chi connectivity index (χ2v) is 5.73. The first kappa shape index (κ1) is 19.7. The molecule has 1 aromatic rings. The van der Waals surface area contributed by atoms with Crippen LogP contribution in [-0.2, 0) is 9.53 Å². The fraction of sp³-hybridized carbons (Fsp3) is 0.588. The van der Waals surface area contributed by atoms with Crippen LogP contribution in [0.25, 0.3) is 0 Å². The molecule has 1 aliphatic heterocycles. The van der Waals surface area contributed by atoms with Gasteiger partial charge in [0.25, 0.3) is 0 Å². The fourth-order valence-corrected chi connectivity index (χ4v) is 2.79. The maximum Gasteiger partial charge on any atom is 0.228 e. The highest BCUT2D eigenvalue weighted by Gasteiger charge is 2.39. The van der Waals surface area contributed by atoms with Crippen molar-refractivity contribution in [3.05, 3.63) is 30.3 Å². The van der Waals surface area contributed by atoms with E-state index in [4.69, 9.17) is 9.47 Å². The summed E-state index contributed by atoms with van der Waals surface area (Å²) in [6.45, 7) is 3.45. The van der Waals surface area contributed by atoms with Crippen LogP contribution < -0.4 is 15.4 Å². The molecule has 0 radical (unpaired) electrons. The number of para-hydroxylation sites is 1. The predicted molar refractivity (Wildman–Crippen MR) is 93.2 cm³/mol. The molecule has 130 valence electrons. The van der Waals surface area contributed by atoms with Gasteiger partial charge in [-0.25, -0.2) is 0 Å². The number of methoxy groups -OCH3 is 1. The van der Waals surface area contributed by atoms with Gasteiger partial charge in [0, 0.05) is 13.7 Å². The Bertz CT molecular complexity index is 445. The van der Waals surface area contributed by atoms with Gasteiger partial charge < -0.3 is 20.1 Å². The van der Waals surface area contributed by atoms with E-state index in [1.165, 1.54) is 0 Å². The summed E-state index contributed by atoms with van der Waals surface area (Å²) in [5.41, 5.74) is -0.375. The third kappa shape index (κ3) is 6.01. The number of rotatable bonds is 8. The minimum absolute atomic E-state index is 0. The Balaban J connectivity index is 0.00000264. The summed E-state index contributed by atoms with van der Waals surface area (Å²) in [6.07, 6.45) is 2.45. The Labute approximate surface area is 144 Å². The maximum atomic E-state index is 12.5. The van der Waals surface area contributed by atoms with Gasteiger partial charge in [-0.1, -0.05) is 18.2 Å². The van der Waals surface area contributed by atoms with E-state index < -0.39 is 0 Å². The average molecular weight is 343 g/mol. The third-order valence-corrected chi connectivity index (χ3v) is 4.08. The lowest BCUT2D eigenvalue weighted by Crippen LogP contribution is -2.50. The van der Waals surface area contributed by atoms with Crippen molar-refractivity contribution in [2.24, 2.45) is 5.41 Å². The molecule has 23 heavy (non-hydrogen) atoms. The SMILES string of the molecule is COCC1(C(=O)NCCCOc2ccccc2)CCNCC1.Cl. The van der Waals surface area contributed by atoms with E-state index in [1.54, 1.807) is 7.11 Å². The normalized spacial score (nSPS) is 16.2. The molecule has 0 bridgehead atoms. The van der Waals surface area contributed by atoms with Crippen molar-refractivity contribution >= 4 is 18.3 Å². The standard InChI is InChI=1S/C17H26N2O3.ClH/c1-21-14-17(8-11-18-12-9-17)16(20)19-10-5-13-22-15-6-3-2-4-7-15;/h2-4,6-7,18H,5,8-14H2,1H3,(H,19,20);1H. The van der Waals surface area contributed by atoms with Crippen molar-refractivity contribution in [1.82, 2.24) is 10.6 Å². The molecule has 0 aromatic heterocycles. The van der Waals surface area contributed by atoms with Gasteiger partial charge in [-0.05, 0) is 44.5 Å². The summed E-state index contributed by atoms with van der Waals surface area (Å²) >= 11 is 0. The van der Waals surface area contributed by atoms with E-state index in [0.717, 1.165) is 38.1 Å². The van der Waals surface area contributed by atoms with Crippen LogP contribution in [0.5, 0.6) is 5.75 Å². The van der Waals surface area contributed by atoms with Crippen LogP contribution in [0.15, 0.2) is 30.3 Å².